The fourth-order valence-electron chi connectivity index (χ4n) is 1.88. The molecule has 0 unspecified atom stereocenters. The number of anilines is 1. The third-order valence-electron chi connectivity index (χ3n) is 2.95. The van der Waals surface area contributed by atoms with E-state index in [1.54, 1.807) is 12.1 Å². The molecular weight excluding hydrogens is 206 g/mol. The maximum absolute atomic E-state index is 11.8. The van der Waals surface area contributed by atoms with E-state index in [2.05, 4.69) is 10.1 Å². The molecule has 1 heterocycles. The minimum absolute atomic E-state index is 0.0983. The lowest BCUT2D eigenvalue weighted by molar-refractivity contribution is -0.119. The van der Waals surface area contributed by atoms with Gasteiger partial charge in [0.15, 0.2) is 0 Å². The second kappa shape index (κ2) is 3.33. The molecule has 0 saturated heterocycles. The van der Waals surface area contributed by atoms with E-state index in [1.807, 2.05) is 19.9 Å². The molecule has 1 aliphatic rings. The first-order valence-electron chi connectivity index (χ1n) is 5.01. The quantitative estimate of drug-likeness (QED) is 0.731. The van der Waals surface area contributed by atoms with Crippen LogP contribution in [0, 0.1) is 0 Å². The van der Waals surface area contributed by atoms with Gasteiger partial charge in [-0.2, -0.15) is 0 Å². The Hall–Kier alpha value is -1.84. The van der Waals surface area contributed by atoms with Crippen LogP contribution in [0.1, 0.15) is 29.8 Å². The van der Waals surface area contributed by atoms with Gasteiger partial charge in [0.05, 0.1) is 23.8 Å². The van der Waals surface area contributed by atoms with Crippen LogP contribution >= 0.6 is 0 Å². The lowest BCUT2D eigenvalue weighted by Gasteiger charge is -2.14. The van der Waals surface area contributed by atoms with E-state index in [0.717, 1.165) is 5.56 Å². The van der Waals surface area contributed by atoms with Crippen LogP contribution in [0.5, 0.6) is 0 Å². The molecule has 0 saturated carbocycles. The molecule has 1 aromatic carbocycles. The second-order valence-electron chi connectivity index (χ2n) is 4.30. The van der Waals surface area contributed by atoms with Crippen molar-refractivity contribution in [3.05, 3.63) is 29.3 Å². The minimum Gasteiger partial charge on any atom is -0.465 e. The predicted molar refractivity (Wildman–Crippen MR) is 59.4 cm³/mol. The largest absolute Gasteiger partial charge is 0.465 e. The van der Waals surface area contributed by atoms with Gasteiger partial charge in [-0.3, -0.25) is 4.79 Å². The first-order chi connectivity index (χ1) is 7.48. The van der Waals surface area contributed by atoms with E-state index in [-0.39, 0.29) is 5.91 Å². The summed E-state index contributed by atoms with van der Waals surface area (Å²) >= 11 is 0. The number of carbonyl (C=O) groups is 2. The first-order valence-corrected chi connectivity index (χ1v) is 5.01. The molecule has 4 heteroatoms. The molecule has 2 rings (SSSR count). The molecule has 0 spiro atoms. The van der Waals surface area contributed by atoms with Gasteiger partial charge in [0.25, 0.3) is 0 Å². The van der Waals surface area contributed by atoms with E-state index in [4.69, 9.17) is 0 Å². The molecule has 0 aliphatic carbocycles. The number of benzene rings is 1. The van der Waals surface area contributed by atoms with Crippen LogP contribution in [0.25, 0.3) is 0 Å². The van der Waals surface area contributed by atoms with Crippen molar-refractivity contribution in [1.29, 1.82) is 0 Å². The van der Waals surface area contributed by atoms with Crippen LogP contribution in [0.3, 0.4) is 0 Å². The fourth-order valence-corrected chi connectivity index (χ4v) is 1.88. The molecule has 16 heavy (non-hydrogen) atoms. The number of rotatable bonds is 1. The zero-order valence-electron chi connectivity index (χ0n) is 9.46. The highest BCUT2D eigenvalue weighted by Crippen LogP contribution is 2.39. The highest BCUT2D eigenvalue weighted by Gasteiger charge is 2.40. The molecule has 0 bridgehead atoms. The SMILES string of the molecule is COC(=O)c1cccc2c1NC(=O)C2(C)C. The van der Waals surface area contributed by atoms with E-state index in [9.17, 15) is 9.59 Å². The first kappa shape index (κ1) is 10.7. The van der Waals surface area contributed by atoms with E-state index < -0.39 is 11.4 Å². The Bertz CT molecular complexity index is 477. The summed E-state index contributed by atoms with van der Waals surface area (Å²) in [7, 11) is 1.32. The van der Waals surface area contributed by atoms with Crippen LogP contribution in [0.4, 0.5) is 5.69 Å². The molecule has 84 valence electrons. The standard InChI is InChI=1S/C12H13NO3/c1-12(2)8-6-4-5-7(10(14)16-3)9(8)13-11(12)15/h4-6H,1-3H3,(H,13,15). The maximum Gasteiger partial charge on any atom is 0.339 e. The van der Waals surface area contributed by atoms with Gasteiger partial charge in [0.1, 0.15) is 0 Å². The van der Waals surface area contributed by atoms with Gasteiger partial charge in [0.2, 0.25) is 5.91 Å². The van der Waals surface area contributed by atoms with Gasteiger partial charge in [-0.25, -0.2) is 4.79 Å². The Morgan fingerprint density at radius 2 is 2.06 bits per heavy atom. The highest BCUT2D eigenvalue weighted by molar-refractivity contribution is 6.11. The summed E-state index contributed by atoms with van der Waals surface area (Å²) in [5.41, 5.74) is 1.21. The lowest BCUT2D eigenvalue weighted by Crippen LogP contribution is -2.26. The molecule has 1 amide bonds. The van der Waals surface area contributed by atoms with Crippen molar-refractivity contribution in [2.75, 3.05) is 12.4 Å². The molecule has 1 aromatic rings. The fraction of sp³-hybridized carbons (Fsp3) is 0.333. The molecule has 4 nitrogen and oxygen atoms in total. The summed E-state index contributed by atoms with van der Waals surface area (Å²) < 4.78 is 4.67. The Labute approximate surface area is 93.6 Å². The maximum atomic E-state index is 11.8. The zero-order chi connectivity index (χ0) is 11.9. The average Bonchev–Trinajstić information content (AvgIpc) is 2.49. The summed E-state index contributed by atoms with van der Waals surface area (Å²) in [5, 5.41) is 2.73. The van der Waals surface area contributed by atoms with Crippen molar-refractivity contribution in [3.8, 4) is 0 Å². The predicted octanol–water partition coefficient (Wildman–Crippen LogP) is 1.70. The Kier molecular flexibility index (Phi) is 2.22. The molecular formula is C12H13NO3. The Balaban J connectivity index is 2.61. The zero-order valence-corrected chi connectivity index (χ0v) is 9.46. The molecule has 0 atom stereocenters. The van der Waals surface area contributed by atoms with Crippen molar-refractivity contribution in [1.82, 2.24) is 0 Å². The summed E-state index contributed by atoms with van der Waals surface area (Å²) in [4.78, 5) is 23.3. The van der Waals surface area contributed by atoms with Gasteiger partial charge in [-0.1, -0.05) is 12.1 Å². The molecule has 0 fully saturated rings. The number of nitrogens with one attached hydrogen (secondary N) is 1. The van der Waals surface area contributed by atoms with E-state index >= 15 is 0 Å². The number of amides is 1. The normalized spacial score (nSPS) is 16.6. The van der Waals surface area contributed by atoms with Crippen LogP contribution in [0.2, 0.25) is 0 Å². The number of para-hydroxylation sites is 1. The van der Waals surface area contributed by atoms with E-state index in [1.165, 1.54) is 7.11 Å². The lowest BCUT2D eigenvalue weighted by atomic mass is 9.85. The third-order valence-corrected chi connectivity index (χ3v) is 2.95. The van der Waals surface area contributed by atoms with Crippen molar-refractivity contribution in [2.24, 2.45) is 0 Å². The summed E-state index contributed by atoms with van der Waals surface area (Å²) in [6, 6.07) is 5.25. The number of hydrogen-bond donors (Lipinski definition) is 1. The number of methoxy groups -OCH3 is 1. The van der Waals surface area contributed by atoms with Gasteiger partial charge in [-0.05, 0) is 25.5 Å². The summed E-state index contributed by atoms with van der Waals surface area (Å²) in [6.07, 6.45) is 0. The summed E-state index contributed by atoms with van der Waals surface area (Å²) in [5.74, 6) is -0.534. The third kappa shape index (κ3) is 1.30. The van der Waals surface area contributed by atoms with Crippen LogP contribution in [-0.4, -0.2) is 19.0 Å². The van der Waals surface area contributed by atoms with Crippen LogP contribution in [-0.2, 0) is 14.9 Å². The van der Waals surface area contributed by atoms with Gasteiger partial charge in [-0.15, -0.1) is 0 Å². The minimum atomic E-state index is -0.598. The van der Waals surface area contributed by atoms with Crippen molar-refractivity contribution >= 4 is 17.6 Å². The van der Waals surface area contributed by atoms with Crippen LogP contribution < -0.4 is 5.32 Å². The molecule has 1 N–H and O–H groups in total. The number of fused-ring (bicyclic) bond motifs is 1. The topological polar surface area (TPSA) is 55.4 Å². The second-order valence-corrected chi connectivity index (χ2v) is 4.30. The number of ether oxygens (including phenoxy) is 1. The highest BCUT2D eigenvalue weighted by atomic mass is 16.5. The number of esters is 1. The summed E-state index contributed by atoms with van der Waals surface area (Å²) in [6.45, 7) is 3.66. The van der Waals surface area contributed by atoms with Gasteiger partial charge in [0, 0.05) is 0 Å². The number of hydrogen-bond acceptors (Lipinski definition) is 3. The Morgan fingerprint density at radius 1 is 1.38 bits per heavy atom. The van der Waals surface area contributed by atoms with Crippen LogP contribution in [0.15, 0.2) is 18.2 Å². The van der Waals surface area contributed by atoms with Crippen molar-refractivity contribution in [2.45, 2.75) is 19.3 Å². The monoisotopic (exact) mass is 219 g/mol. The molecule has 0 radical (unpaired) electrons. The molecule has 0 aromatic heterocycles. The molecule has 1 aliphatic heterocycles. The van der Waals surface area contributed by atoms with Gasteiger partial charge >= 0.3 is 5.97 Å². The van der Waals surface area contributed by atoms with Crippen molar-refractivity contribution < 1.29 is 14.3 Å². The smallest absolute Gasteiger partial charge is 0.339 e. The van der Waals surface area contributed by atoms with Crippen molar-refractivity contribution in [3.63, 3.8) is 0 Å². The van der Waals surface area contributed by atoms with Gasteiger partial charge < -0.3 is 10.1 Å². The number of carbonyl (C=O) groups excluding carboxylic acids is 2. The average molecular weight is 219 g/mol. The van der Waals surface area contributed by atoms with E-state index in [0.29, 0.717) is 11.3 Å². The Morgan fingerprint density at radius 3 is 2.69 bits per heavy atom.